The van der Waals surface area contributed by atoms with Crippen LogP contribution in [0.15, 0.2) is 40.8 Å². The zero-order valence-corrected chi connectivity index (χ0v) is 16.2. The van der Waals surface area contributed by atoms with Crippen molar-refractivity contribution in [3.63, 3.8) is 0 Å². The molecule has 0 bridgehead atoms. The molecule has 0 spiro atoms. The Morgan fingerprint density at radius 1 is 1.36 bits per heavy atom. The number of amides is 1. The summed E-state index contributed by atoms with van der Waals surface area (Å²) in [5, 5.41) is 9.09. The summed E-state index contributed by atoms with van der Waals surface area (Å²) in [7, 11) is -2.05. The highest BCUT2D eigenvalue weighted by Crippen LogP contribution is 2.23. The number of para-hydroxylation sites is 1. The number of ether oxygens (including phenoxy) is 1. The third-order valence-corrected chi connectivity index (χ3v) is 6.06. The van der Waals surface area contributed by atoms with E-state index >= 15 is 0 Å². The van der Waals surface area contributed by atoms with Gasteiger partial charge in [0.05, 0.1) is 11.3 Å². The van der Waals surface area contributed by atoms with Crippen molar-refractivity contribution in [1.29, 1.82) is 5.26 Å². The molecule has 1 N–H and O–H groups in total. The van der Waals surface area contributed by atoms with Gasteiger partial charge >= 0.3 is 0 Å². The van der Waals surface area contributed by atoms with Crippen molar-refractivity contribution in [2.45, 2.75) is 25.5 Å². The van der Waals surface area contributed by atoms with Crippen LogP contribution in [0.4, 0.5) is 0 Å². The molecule has 0 aliphatic carbocycles. The molecular formula is C19H21N3O5S. The van der Waals surface area contributed by atoms with Gasteiger partial charge in [-0.25, -0.2) is 13.1 Å². The third kappa shape index (κ3) is 4.52. The number of nitriles is 1. The topological polar surface area (TPSA) is 113 Å². The van der Waals surface area contributed by atoms with Gasteiger partial charge in [-0.15, -0.1) is 0 Å². The molecule has 0 radical (unpaired) electrons. The molecule has 0 unspecified atom stereocenters. The number of sulfonamides is 1. The Morgan fingerprint density at radius 2 is 2.14 bits per heavy atom. The number of furan rings is 1. The van der Waals surface area contributed by atoms with Crippen LogP contribution in [-0.2, 0) is 16.6 Å². The summed E-state index contributed by atoms with van der Waals surface area (Å²) in [5.41, 5.74) is 0.413. The number of carbonyl (C=O) groups is 1. The number of benzene rings is 1. The Balaban J connectivity index is 1.66. The van der Waals surface area contributed by atoms with E-state index in [-0.39, 0.29) is 30.1 Å². The summed E-state index contributed by atoms with van der Waals surface area (Å²) >= 11 is 0. The Morgan fingerprint density at radius 3 is 2.89 bits per heavy atom. The van der Waals surface area contributed by atoms with Gasteiger partial charge in [0.2, 0.25) is 10.0 Å². The van der Waals surface area contributed by atoms with Crippen LogP contribution in [0.25, 0.3) is 0 Å². The van der Waals surface area contributed by atoms with Crippen LogP contribution in [0.3, 0.4) is 0 Å². The highest BCUT2D eigenvalue weighted by Gasteiger charge is 2.33. The maximum atomic E-state index is 12.8. The van der Waals surface area contributed by atoms with Crippen LogP contribution in [-0.4, -0.2) is 44.6 Å². The fraction of sp³-hybridized carbons (Fsp3) is 0.368. The standard InChI is InChI=1S/C19H21N3O5S/c1-21-28(24,25)13-15-6-4-10-22(15)19(23)18-9-8-16(27-18)12-26-17-7-3-2-5-14(17)11-20/h2-3,5,7-9,15,21H,4,6,10,12-13H2,1H3/t15-/m0/s1. The number of nitrogens with one attached hydrogen (secondary N) is 1. The maximum Gasteiger partial charge on any atom is 0.289 e. The molecule has 1 aliphatic rings. The predicted octanol–water partition coefficient (Wildman–Crippen LogP) is 1.88. The fourth-order valence-electron chi connectivity index (χ4n) is 3.16. The first-order valence-corrected chi connectivity index (χ1v) is 10.5. The Kier molecular flexibility index (Phi) is 6.02. The second-order valence-electron chi connectivity index (χ2n) is 6.44. The first kappa shape index (κ1) is 19.9. The van der Waals surface area contributed by atoms with E-state index in [9.17, 15) is 13.2 Å². The second-order valence-corrected chi connectivity index (χ2v) is 8.41. The van der Waals surface area contributed by atoms with Gasteiger partial charge in [-0.1, -0.05) is 12.1 Å². The van der Waals surface area contributed by atoms with Crippen LogP contribution in [0.2, 0.25) is 0 Å². The van der Waals surface area contributed by atoms with Crippen molar-refractivity contribution >= 4 is 15.9 Å². The Labute approximate surface area is 163 Å². The van der Waals surface area contributed by atoms with Crippen molar-refractivity contribution in [1.82, 2.24) is 9.62 Å². The number of hydrogen-bond acceptors (Lipinski definition) is 6. The van der Waals surface area contributed by atoms with Crippen molar-refractivity contribution < 1.29 is 22.4 Å². The van der Waals surface area contributed by atoms with E-state index in [0.717, 1.165) is 6.42 Å². The van der Waals surface area contributed by atoms with Crippen LogP contribution < -0.4 is 9.46 Å². The molecular weight excluding hydrogens is 382 g/mol. The molecule has 1 amide bonds. The van der Waals surface area contributed by atoms with Crippen molar-refractivity contribution in [2.24, 2.45) is 0 Å². The number of rotatable bonds is 7. The van der Waals surface area contributed by atoms with Crippen LogP contribution in [0.1, 0.15) is 34.7 Å². The van der Waals surface area contributed by atoms with E-state index in [2.05, 4.69) is 4.72 Å². The summed E-state index contributed by atoms with van der Waals surface area (Å²) in [6, 6.07) is 11.7. The highest BCUT2D eigenvalue weighted by molar-refractivity contribution is 7.89. The number of likely N-dealkylation sites (tertiary alicyclic amines) is 1. The van der Waals surface area contributed by atoms with Gasteiger partial charge in [-0.2, -0.15) is 5.26 Å². The quantitative estimate of drug-likeness (QED) is 0.755. The number of nitrogens with zero attached hydrogens (tertiary/aromatic N) is 2. The van der Waals surface area contributed by atoms with E-state index in [4.69, 9.17) is 14.4 Å². The summed E-state index contributed by atoms with van der Waals surface area (Å²) in [4.78, 5) is 14.3. The molecule has 3 rings (SSSR count). The van der Waals surface area contributed by atoms with E-state index < -0.39 is 10.0 Å². The second kappa shape index (κ2) is 8.46. The highest BCUT2D eigenvalue weighted by atomic mass is 32.2. The normalized spacial score (nSPS) is 16.7. The van der Waals surface area contributed by atoms with Gasteiger partial charge in [0.25, 0.3) is 5.91 Å². The molecule has 1 atom stereocenters. The minimum atomic E-state index is -3.41. The third-order valence-electron chi connectivity index (χ3n) is 4.61. The lowest BCUT2D eigenvalue weighted by atomic mass is 10.2. The van der Waals surface area contributed by atoms with Gasteiger partial charge in [0.15, 0.2) is 5.76 Å². The molecule has 1 aromatic heterocycles. The van der Waals surface area contributed by atoms with Gasteiger partial charge in [-0.05, 0) is 44.2 Å². The van der Waals surface area contributed by atoms with Crippen LogP contribution in [0.5, 0.6) is 5.75 Å². The van der Waals surface area contributed by atoms with Crippen molar-refractivity contribution in [3.05, 3.63) is 53.5 Å². The molecule has 148 valence electrons. The maximum absolute atomic E-state index is 12.8. The van der Waals surface area contributed by atoms with Gasteiger partial charge in [0.1, 0.15) is 24.2 Å². The zero-order chi connectivity index (χ0) is 20.1. The van der Waals surface area contributed by atoms with E-state index in [1.807, 2.05) is 6.07 Å². The first-order chi connectivity index (χ1) is 13.4. The summed E-state index contributed by atoms with van der Waals surface area (Å²) in [6.07, 6.45) is 1.38. The molecule has 2 heterocycles. The average molecular weight is 403 g/mol. The summed E-state index contributed by atoms with van der Waals surface area (Å²) < 4.78 is 37.1. The molecule has 8 nitrogen and oxygen atoms in total. The van der Waals surface area contributed by atoms with Crippen molar-refractivity contribution in [3.8, 4) is 11.8 Å². The van der Waals surface area contributed by atoms with E-state index in [0.29, 0.717) is 30.0 Å². The molecule has 28 heavy (non-hydrogen) atoms. The van der Waals surface area contributed by atoms with E-state index in [1.165, 1.54) is 7.05 Å². The summed E-state index contributed by atoms with van der Waals surface area (Å²) in [5.74, 6) is 0.552. The largest absolute Gasteiger partial charge is 0.484 e. The van der Waals surface area contributed by atoms with Crippen molar-refractivity contribution in [2.75, 3.05) is 19.3 Å². The van der Waals surface area contributed by atoms with Crippen LogP contribution in [0, 0.1) is 11.3 Å². The molecule has 2 aromatic rings. The minimum Gasteiger partial charge on any atom is -0.484 e. The lowest BCUT2D eigenvalue weighted by Gasteiger charge is -2.23. The Hall–Kier alpha value is -2.83. The molecule has 1 aromatic carbocycles. The monoisotopic (exact) mass is 403 g/mol. The average Bonchev–Trinajstić information content (AvgIpc) is 3.35. The Bertz CT molecular complexity index is 993. The van der Waals surface area contributed by atoms with Crippen LogP contribution >= 0.6 is 0 Å². The predicted molar refractivity (Wildman–Crippen MR) is 101 cm³/mol. The van der Waals surface area contributed by atoms with Gasteiger partial charge in [0, 0.05) is 12.6 Å². The fourth-order valence-corrected chi connectivity index (χ4v) is 4.18. The van der Waals surface area contributed by atoms with Gasteiger partial charge in [-0.3, -0.25) is 4.79 Å². The zero-order valence-electron chi connectivity index (χ0n) is 15.4. The first-order valence-electron chi connectivity index (χ1n) is 8.86. The van der Waals surface area contributed by atoms with Gasteiger partial charge < -0.3 is 14.1 Å². The number of carbonyl (C=O) groups excluding carboxylic acids is 1. The molecule has 1 aliphatic heterocycles. The minimum absolute atomic E-state index is 0.0730. The SMILES string of the molecule is CNS(=O)(=O)C[C@@H]1CCCN1C(=O)c1ccc(COc2ccccc2C#N)o1. The van der Waals surface area contributed by atoms with E-state index in [1.54, 1.807) is 41.3 Å². The number of hydrogen-bond donors (Lipinski definition) is 1. The summed E-state index contributed by atoms with van der Waals surface area (Å²) in [6.45, 7) is 0.564. The lowest BCUT2D eigenvalue weighted by molar-refractivity contribution is 0.0712. The lowest BCUT2D eigenvalue weighted by Crippen LogP contribution is -2.41. The smallest absolute Gasteiger partial charge is 0.289 e. The molecule has 0 saturated carbocycles. The molecule has 1 fully saturated rings. The molecule has 1 saturated heterocycles. The molecule has 9 heteroatoms.